The number of ketones is 2. The van der Waals surface area contributed by atoms with Crippen LogP contribution < -0.4 is 0 Å². The minimum Gasteiger partial charge on any atom is -0.299 e. The summed E-state index contributed by atoms with van der Waals surface area (Å²) in [6.45, 7) is 0. The van der Waals surface area contributed by atoms with Gasteiger partial charge in [0.2, 0.25) is 0 Å². The number of rotatable bonds is 0. The Morgan fingerprint density at radius 1 is 0.647 bits per heavy atom. The van der Waals surface area contributed by atoms with Crippen molar-refractivity contribution >= 4 is 11.6 Å². The molecule has 0 radical (unpaired) electrons. The van der Waals surface area contributed by atoms with Gasteiger partial charge in [0.1, 0.15) is 11.6 Å². The average Bonchev–Trinajstić information content (AvgIpc) is 2.78. The smallest absolute Gasteiger partial charge is 0.146 e. The predicted octanol–water partition coefficient (Wildman–Crippen LogP) is 3.43. The van der Waals surface area contributed by atoms with Crippen LogP contribution in [-0.4, -0.2) is 11.6 Å². The van der Waals surface area contributed by atoms with Gasteiger partial charge >= 0.3 is 0 Å². The first kappa shape index (κ1) is 11.4. The summed E-state index contributed by atoms with van der Waals surface area (Å²) < 4.78 is 0. The zero-order valence-electron chi connectivity index (χ0n) is 10.6. The minimum absolute atomic E-state index is 0.265. The Balaban J connectivity index is 1.78. The molecule has 0 amide bonds. The van der Waals surface area contributed by atoms with Gasteiger partial charge in [-0.3, -0.25) is 9.59 Å². The van der Waals surface area contributed by atoms with Gasteiger partial charge in [0.05, 0.1) is 5.41 Å². The van der Waals surface area contributed by atoms with Crippen LogP contribution in [0.1, 0.15) is 70.6 Å². The molecule has 94 valence electrons. The van der Waals surface area contributed by atoms with Crippen LogP contribution in [0, 0.1) is 10.8 Å². The first-order valence-corrected chi connectivity index (χ1v) is 7.24. The van der Waals surface area contributed by atoms with Gasteiger partial charge in [0.25, 0.3) is 0 Å². The van der Waals surface area contributed by atoms with Crippen LogP contribution in [0.4, 0.5) is 0 Å². The molecule has 3 fully saturated rings. The molecule has 2 spiro atoms. The highest BCUT2D eigenvalue weighted by Crippen LogP contribution is 2.55. The van der Waals surface area contributed by atoms with Crippen molar-refractivity contribution in [3.05, 3.63) is 0 Å². The summed E-state index contributed by atoms with van der Waals surface area (Å²) in [5.74, 6) is 0.531. The fourth-order valence-corrected chi connectivity index (χ4v) is 4.43. The molecule has 3 rings (SSSR count). The van der Waals surface area contributed by atoms with Crippen LogP contribution in [-0.2, 0) is 9.59 Å². The Labute approximate surface area is 103 Å². The Morgan fingerprint density at radius 2 is 1.18 bits per heavy atom. The number of carbonyl (C=O) groups excluding carboxylic acids is 2. The highest BCUT2D eigenvalue weighted by molar-refractivity contribution is 6.08. The topological polar surface area (TPSA) is 34.1 Å². The van der Waals surface area contributed by atoms with Crippen LogP contribution in [0.15, 0.2) is 0 Å². The van der Waals surface area contributed by atoms with Gasteiger partial charge in [-0.25, -0.2) is 0 Å². The van der Waals surface area contributed by atoms with Crippen molar-refractivity contribution in [2.75, 3.05) is 0 Å². The van der Waals surface area contributed by atoms with Crippen LogP contribution >= 0.6 is 0 Å². The van der Waals surface area contributed by atoms with E-state index >= 15 is 0 Å². The van der Waals surface area contributed by atoms with Crippen LogP contribution in [0.3, 0.4) is 0 Å². The molecule has 0 aromatic rings. The molecule has 2 heteroatoms. The summed E-state index contributed by atoms with van der Waals surface area (Å²) in [4.78, 5) is 24.3. The second-order valence-corrected chi connectivity index (χ2v) is 6.49. The van der Waals surface area contributed by atoms with E-state index in [9.17, 15) is 9.59 Å². The lowest BCUT2D eigenvalue weighted by molar-refractivity contribution is -0.148. The molecule has 0 unspecified atom stereocenters. The van der Waals surface area contributed by atoms with Crippen LogP contribution in [0.25, 0.3) is 0 Å². The van der Waals surface area contributed by atoms with Crippen molar-refractivity contribution in [2.24, 2.45) is 10.8 Å². The monoisotopic (exact) mass is 234 g/mol. The SMILES string of the molecule is O=C1CCCC(=O)C12CCC1(CCCC1)CC2. The van der Waals surface area contributed by atoms with E-state index in [0.29, 0.717) is 18.3 Å². The first-order chi connectivity index (χ1) is 8.17. The molecule has 0 heterocycles. The van der Waals surface area contributed by atoms with E-state index in [-0.39, 0.29) is 11.6 Å². The Morgan fingerprint density at radius 3 is 1.71 bits per heavy atom. The van der Waals surface area contributed by atoms with Crippen molar-refractivity contribution in [1.29, 1.82) is 0 Å². The third-order valence-corrected chi connectivity index (χ3v) is 5.70. The zero-order chi connectivity index (χ0) is 11.9. The van der Waals surface area contributed by atoms with E-state index < -0.39 is 5.41 Å². The molecule has 0 aromatic heterocycles. The molecule has 17 heavy (non-hydrogen) atoms. The standard InChI is InChI=1S/C15H22O2/c16-12-4-3-5-13(17)15(12)10-8-14(9-11-15)6-1-2-7-14/h1-11H2. The Kier molecular flexibility index (Phi) is 2.64. The lowest BCUT2D eigenvalue weighted by Gasteiger charge is -2.44. The fraction of sp³-hybridized carbons (Fsp3) is 0.867. The zero-order valence-corrected chi connectivity index (χ0v) is 10.6. The van der Waals surface area contributed by atoms with E-state index in [1.165, 1.54) is 25.7 Å². The molecule has 2 nitrogen and oxygen atoms in total. The van der Waals surface area contributed by atoms with Crippen molar-refractivity contribution in [2.45, 2.75) is 70.6 Å². The van der Waals surface area contributed by atoms with E-state index in [2.05, 4.69) is 0 Å². The Bertz CT molecular complexity index is 322. The summed E-state index contributed by atoms with van der Waals surface area (Å²) in [5.41, 5.74) is -0.00462. The lowest BCUT2D eigenvalue weighted by atomic mass is 9.57. The predicted molar refractivity (Wildman–Crippen MR) is 65.7 cm³/mol. The molecular formula is C15H22O2. The molecule has 0 N–H and O–H groups in total. The number of Topliss-reactive ketones (excluding diaryl/α,β-unsaturated/α-hetero) is 2. The maximum Gasteiger partial charge on any atom is 0.146 e. The van der Waals surface area contributed by atoms with Crippen molar-refractivity contribution in [3.63, 3.8) is 0 Å². The lowest BCUT2D eigenvalue weighted by Crippen LogP contribution is -2.46. The van der Waals surface area contributed by atoms with Crippen LogP contribution in [0.5, 0.6) is 0 Å². The van der Waals surface area contributed by atoms with E-state index in [1.807, 2.05) is 0 Å². The minimum atomic E-state index is -0.522. The fourth-order valence-electron chi connectivity index (χ4n) is 4.43. The van der Waals surface area contributed by atoms with Gasteiger partial charge in [0.15, 0.2) is 0 Å². The normalized spacial score (nSPS) is 31.3. The molecule has 0 atom stereocenters. The third kappa shape index (κ3) is 1.68. The van der Waals surface area contributed by atoms with Gasteiger partial charge in [0, 0.05) is 12.8 Å². The molecule has 3 aliphatic rings. The average molecular weight is 234 g/mol. The summed E-state index contributed by atoms with van der Waals surface area (Å²) in [5, 5.41) is 0. The molecule has 0 bridgehead atoms. The molecule has 3 aliphatic carbocycles. The highest BCUT2D eigenvalue weighted by atomic mass is 16.2. The molecule has 3 saturated carbocycles. The third-order valence-electron chi connectivity index (χ3n) is 5.70. The van der Waals surface area contributed by atoms with Gasteiger partial charge in [-0.05, 0) is 50.4 Å². The maximum atomic E-state index is 12.2. The van der Waals surface area contributed by atoms with Gasteiger partial charge in [-0.15, -0.1) is 0 Å². The second kappa shape index (κ2) is 3.93. The van der Waals surface area contributed by atoms with Crippen LogP contribution in [0.2, 0.25) is 0 Å². The summed E-state index contributed by atoms with van der Waals surface area (Å²) in [6, 6.07) is 0. The summed E-state index contributed by atoms with van der Waals surface area (Å²) >= 11 is 0. The van der Waals surface area contributed by atoms with Gasteiger partial charge < -0.3 is 0 Å². The maximum absolute atomic E-state index is 12.2. The molecule has 0 aliphatic heterocycles. The number of carbonyl (C=O) groups is 2. The molecule has 0 saturated heterocycles. The van der Waals surface area contributed by atoms with E-state index in [1.54, 1.807) is 0 Å². The van der Waals surface area contributed by atoms with E-state index in [0.717, 1.165) is 32.1 Å². The van der Waals surface area contributed by atoms with E-state index in [4.69, 9.17) is 0 Å². The molecular weight excluding hydrogens is 212 g/mol. The molecule has 0 aromatic carbocycles. The first-order valence-electron chi connectivity index (χ1n) is 7.24. The number of hydrogen-bond acceptors (Lipinski definition) is 2. The second-order valence-electron chi connectivity index (χ2n) is 6.49. The number of hydrogen-bond donors (Lipinski definition) is 0. The Hall–Kier alpha value is -0.660. The largest absolute Gasteiger partial charge is 0.299 e. The van der Waals surface area contributed by atoms with Crippen molar-refractivity contribution in [3.8, 4) is 0 Å². The quantitative estimate of drug-likeness (QED) is 0.602. The van der Waals surface area contributed by atoms with Gasteiger partial charge in [-0.1, -0.05) is 12.8 Å². The van der Waals surface area contributed by atoms with Gasteiger partial charge in [-0.2, -0.15) is 0 Å². The summed E-state index contributed by atoms with van der Waals surface area (Å²) in [6.07, 6.45) is 11.5. The summed E-state index contributed by atoms with van der Waals surface area (Å²) in [7, 11) is 0. The highest BCUT2D eigenvalue weighted by Gasteiger charge is 2.52. The van der Waals surface area contributed by atoms with Crippen molar-refractivity contribution < 1.29 is 9.59 Å². The van der Waals surface area contributed by atoms with Crippen molar-refractivity contribution in [1.82, 2.24) is 0 Å².